The van der Waals surface area contributed by atoms with Crippen molar-refractivity contribution >= 4 is 43.0 Å². The van der Waals surface area contributed by atoms with E-state index in [0.717, 1.165) is 15.6 Å². The summed E-state index contributed by atoms with van der Waals surface area (Å²) in [7, 11) is -2.40. The lowest BCUT2D eigenvalue weighted by molar-refractivity contribution is 0.591. The molecule has 0 atom stereocenters. The van der Waals surface area contributed by atoms with Gasteiger partial charge in [-0.2, -0.15) is 0 Å². The van der Waals surface area contributed by atoms with Gasteiger partial charge in [-0.15, -0.1) is 11.3 Å². The fourth-order valence-electron chi connectivity index (χ4n) is 1.42. The summed E-state index contributed by atoms with van der Waals surface area (Å²) in [5.41, 5.74) is 0.0257. The normalized spacial score (nSPS) is 11.5. The predicted octanol–water partition coefficient (Wildman–Crippen LogP) is 3.47. The van der Waals surface area contributed by atoms with Crippen LogP contribution in [0.2, 0.25) is 0 Å². The van der Waals surface area contributed by atoms with Crippen molar-refractivity contribution in [2.75, 3.05) is 11.4 Å². The highest BCUT2D eigenvalue weighted by Gasteiger charge is 2.26. The summed E-state index contributed by atoms with van der Waals surface area (Å²) in [5, 5.41) is 1.66. The van der Waals surface area contributed by atoms with E-state index in [1.807, 2.05) is 0 Å². The van der Waals surface area contributed by atoms with Crippen molar-refractivity contribution in [1.82, 2.24) is 0 Å². The molecule has 2 rings (SSSR count). The van der Waals surface area contributed by atoms with Gasteiger partial charge in [-0.05, 0) is 39.5 Å². The second-order valence-electron chi connectivity index (χ2n) is 3.48. The molecular formula is C11H9BrFNO2S2. The number of halogens is 2. The van der Waals surface area contributed by atoms with Crippen LogP contribution in [0.5, 0.6) is 0 Å². The number of benzene rings is 1. The number of anilines is 1. The third-order valence-electron chi connectivity index (χ3n) is 2.37. The van der Waals surface area contributed by atoms with Gasteiger partial charge in [0.25, 0.3) is 10.0 Å². The summed E-state index contributed by atoms with van der Waals surface area (Å²) < 4.78 is 39.8. The quantitative estimate of drug-likeness (QED) is 0.850. The number of sulfonamides is 1. The van der Waals surface area contributed by atoms with Gasteiger partial charge < -0.3 is 0 Å². The molecule has 0 spiro atoms. The SMILES string of the molecule is CN(c1ccccc1F)S(=O)(=O)c1sccc1Br. The van der Waals surface area contributed by atoms with Crippen molar-refractivity contribution in [2.24, 2.45) is 0 Å². The molecule has 0 bridgehead atoms. The van der Waals surface area contributed by atoms with Gasteiger partial charge in [0.05, 0.1) is 5.69 Å². The number of hydrogen-bond donors (Lipinski definition) is 0. The zero-order chi connectivity index (χ0) is 13.3. The Morgan fingerprint density at radius 3 is 2.50 bits per heavy atom. The first-order valence-electron chi connectivity index (χ1n) is 4.91. The van der Waals surface area contributed by atoms with E-state index in [9.17, 15) is 12.8 Å². The highest BCUT2D eigenvalue weighted by molar-refractivity contribution is 9.10. The van der Waals surface area contributed by atoms with Crippen LogP contribution in [0.25, 0.3) is 0 Å². The smallest absolute Gasteiger partial charge is 0.266 e. The summed E-state index contributed by atoms with van der Waals surface area (Å²) in [6.45, 7) is 0. The summed E-state index contributed by atoms with van der Waals surface area (Å²) in [6, 6.07) is 7.40. The Balaban J connectivity index is 2.50. The second-order valence-corrected chi connectivity index (χ2v) is 7.41. The number of nitrogens with zero attached hydrogens (tertiary/aromatic N) is 1. The molecule has 0 amide bonds. The van der Waals surface area contributed by atoms with Crippen LogP contribution >= 0.6 is 27.3 Å². The van der Waals surface area contributed by atoms with Crippen LogP contribution < -0.4 is 4.31 Å². The van der Waals surface area contributed by atoms with Gasteiger partial charge in [-0.3, -0.25) is 4.31 Å². The fourth-order valence-corrected chi connectivity index (χ4v) is 5.09. The molecule has 3 nitrogen and oxygen atoms in total. The van der Waals surface area contributed by atoms with Gasteiger partial charge in [-0.25, -0.2) is 12.8 Å². The topological polar surface area (TPSA) is 37.4 Å². The van der Waals surface area contributed by atoms with Crippen LogP contribution in [0.1, 0.15) is 0 Å². The van der Waals surface area contributed by atoms with Crippen molar-refractivity contribution < 1.29 is 12.8 Å². The second kappa shape index (κ2) is 4.99. The lowest BCUT2D eigenvalue weighted by Gasteiger charge is -2.19. The van der Waals surface area contributed by atoms with E-state index in [1.165, 1.54) is 25.2 Å². The lowest BCUT2D eigenvalue weighted by atomic mass is 10.3. The van der Waals surface area contributed by atoms with Crippen LogP contribution in [-0.4, -0.2) is 15.5 Å². The molecular weight excluding hydrogens is 341 g/mol. The average molecular weight is 350 g/mol. The van der Waals surface area contributed by atoms with E-state index in [4.69, 9.17) is 0 Å². The molecule has 0 aliphatic carbocycles. The molecule has 1 aromatic heterocycles. The maximum atomic E-state index is 13.6. The Hall–Kier alpha value is -0.920. The average Bonchev–Trinajstić information content (AvgIpc) is 2.76. The van der Waals surface area contributed by atoms with Gasteiger partial charge in [0.2, 0.25) is 0 Å². The number of hydrogen-bond acceptors (Lipinski definition) is 3. The van der Waals surface area contributed by atoms with Crippen LogP contribution in [0.3, 0.4) is 0 Å². The molecule has 0 radical (unpaired) electrons. The third kappa shape index (κ3) is 2.30. The van der Waals surface area contributed by atoms with Crippen molar-refractivity contribution in [1.29, 1.82) is 0 Å². The third-order valence-corrected chi connectivity index (χ3v) is 6.79. The van der Waals surface area contributed by atoms with Gasteiger partial charge in [0.1, 0.15) is 5.82 Å². The molecule has 0 aliphatic heterocycles. The molecule has 0 fully saturated rings. The minimum atomic E-state index is -3.74. The molecule has 1 heterocycles. The van der Waals surface area contributed by atoms with E-state index in [2.05, 4.69) is 15.9 Å². The zero-order valence-electron chi connectivity index (χ0n) is 9.30. The molecule has 18 heavy (non-hydrogen) atoms. The Labute approximate surface area is 117 Å². The van der Waals surface area contributed by atoms with Crippen molar-refractivity contribution in [2.45, 2.75) is 4.21 Å². The molecule has 2 aromatic rings. The molecule has 0 N–H and O–H groups in total. The minimum absolute atomic E-state index is 0.0257. The molecule has 1 aromatic carbocycles. The molecule has 0 saturated carbocycles. The number of rotatable bonds is 3. The Kier molecular flexibility index (Phi) is 3.74. The fraction of sp³-hybridized carbons (Fsp3) is 0.0909. The van der Waals surface area contributed by atoms with Crippen LogP contribution in [0.15, 0.2) is 44.4 Å². The summed E-state index contributed by atoms with van der Waals surface area (Å²) in [6.07, 6.45) is 0. The number of thiophene rings is 1. The number of para-hydroxylation sites is 1. The Bertz CT molecular complexity index is 669. The molecule has 7 heteroatoms. The molecule has 0 unspecified atom stereocenters. The van der Waals surface area contributed by atoms with Crippen molar-refractivity contribution in [3.8, 4) is 0 Å². The van der Waals surface area contributed by atoms with E-state index >= 15 is 0 Å². The molecule has 0 saturated heterocycles. The first kappa shape index (κ1) is 13.5. The zero-order valence-corrected chi connectivity index (χ0v) is 12.5. The Morgan fingerprint density at radius 1 is 1.28 bits per heavy atom. The molecule has 96 valence electrons. The van der Waals surface area contributed by atoms with Crippen LogP contribution in [0.4, 0.5) is 10.1 Å². The van der Waals surface area contributed by atoms with E-state index in [1.54, 1.807) is 17.5 Å². The summed E-state index contributed by atoms with van der Waals surface area (Å²) in [5.74, 6) is -0.573. The summed E-state index contributed by atoms with van der Waals surface area (Å²) in [4.78, 5) is 0. The van der Waals surface area contributed by atoms with E-state index < -0.39 is 15.8 Å². The standard InChI is InChI=1S/C11H9BrFNO2S2/c1-14(10-5-3-2-4-9(10)13)18(15,16)11-8(12)6-7-17-11/h2-7H,1H3. The van der Waals surface area contributed by atoms with Crippen LogP contribution in [0, 0.1) is 5.82 Å². The predicted molar refractivity (Wildman–Crippen MR) is 74.0 cm³/mol. The van der Waals surface area contributed by atoms with Crippen molar-refractivity contribution in [3.63, 3.8) is 0 Å². The van der Waals surface area contributed by atoms with Gasteiger partial charge >= 0.3 is 0 Å². The first-order valence-corrected chi connectivity index (χ1v) is 8.02. The largest absolute Gasteiger partial charge is 0.274 e. The maximum absolute atomic E-state index is 13.6. The van der Waals surface area contributed by atoms with Gasteiger partial charge in [0, 0.05) is 11.5 Å². The molecule has 0 aliphatic rings. The van der Waals surface area contributed by atoms with E-state index in [-0.39, 0.29) is 9.90 Å². The van der Waals surface area contributed by atoms with Gasteiger partial charge in [-0.1, -0.05) is 12.1 Å². The Morgan fingerprint density at radius 2 is 1.94 bits per heavy atom. The first-order chi connectivity index (χ1) is 8.44. The highest BCUT2D eigenvalue weighted by atomic mass is 79.9. The van der Waals surface area contributed by atoms with E-state index in [0.29, 0.717) is 4.47 Å². The monoisotopic (exact) mass is 349 g/mol. The van der Waals surface area contributed by atoms with Crippen LogP contribution in [-0.2, 0) is 10.0 Å². The van der Waals surface area contributed by atoms with Gasteiger partial charge in [0.15, 0.2) is 4.21 Å². The highest BCUT2D eigenvalue weighted by Crippen LogP contribution is 2.32. The maximum Gasteiger partial charge on any atom is 0.274 e. The minimum Gasteiger partial charge on any atom is -0.266 e. The summed E-state index contributed by atoms with van der Waals surface area (Å²) >= 11 is 4.26. The van der Waals surface area contributed by atoms with Crippen molar-refractivity contribution in [3.05, 3.63) is 46.0 Å². The lowest BCUT2D eigenvalue weighted by Crippen LogP contribution is -2.26.